The van der Waals surface area contributed by atoms with Crippen LogP contribution >= 0.6 is 0 Å². The third kappa shape index (κ3) is 4.38. The summed E-state index contributed by atoms with van der Waals surface area (Å²) >= 11 is -5.27. The van der Waals surface area contributed by atoms with Gasteiger partial charge in [-0.25, -0.2) is 0 Å². The molecule has 4 heterocycles. The number of piperidine rings is 3. The topological polar surface area (TPSA) is 97.9 Å². The third-order valence-corrected chi connectivity index (χ3v) is 11.4. The van der Waals surface area contributed by atoms with Crippen LogP contribution in [-0.2, 0) is 6.03 Å². The van der Waals surface area contributed by atoms with E-state index in [1.54, 1.807) is 37.6 Å². The second kappa shape index (κ2) is 9.38. The molecule has 3 saturated heterocycles. The molecule has 3 unspecified atom stereocenters. The van der Waals surface area contributed by atoms with Gasteiger partial charge >= 0.3 is 205 Å². The van der Waals surface area contributed by atoms with Crippen LogP contribution in [0.2, 0.25) is 0 Å². The van der Waals surface area contributed by atoms with Crippen molar-refractivity contribution in [2.45, 2.75) is 25.0 Å². The Morgan fingerprint density at radius 2 is 2.06 bits per heavy atom. The number of hydrogen-bond acceptors (Lipinski definition) is 6. The van der Waals surface area contributed by atoms with Gasteiger partial charge in [0.2, 0.25) is 0 Å². The van der Waals surface area contributed by atoms with Crippen LogP contribution in [0.1, 0.15) is 24.5 Å². The van der Waals surface area contributed by atoms with E-state index in [0.717, 1.165) is 42.4 Å². The Labute approximate surface area is 204 Å². The second-order valence-corrected chi connectivity index (χ2v) is 14.2. The molecule has 3 aliphatic rings. The van der Waals surface area contributed by atoms with Gasteiger partial charge in [-0.05, 0) is 0 Å². The van der Waals surface area contributed by atoms with E-state index in [9.17, 15) is 6.40 Å². The summed E-state index contributed by atoms with van der Waals surface area (Å²) in [5.41, 5.74) is 7.99. The molecule has 3 aliphatic heterocycles. The van der Waals surface area contributed by atoms with Crippen molar-refractivity contribution in [3.05, 3.63) is 72.9 Å². The molecule has 178 valence electrons. The fraction of sp³-hybridized carbons (Fsp3) is 0.346. The van der Waals surface area contributed by atoms with Gasteiger partial charge in [0.05, 0.1) is 0 Å². The summed E-state index contributed by atoms with van der Waals surface area (Å²) in [5.74, 6) is 1.63. The van der Waals surface area contributed by atoms with Crippen LogP contribution in [0.25, 0.3) is 10.9 Å². The molecule has 0 saturated carbocycles. The van der Waals surface area contributed by atoms with E-state index in [0.29, 0.717) is 26.8 Å². The average molecular weight is 570 g/mol. The number of benzene rings is 2. The number of methoxy groups -OCH3 is 1. The Balaban J connectivity index is 1.60. The number of nitrogens with two attached hydrogens (primary N) is 1. The van der Waals surface area contributed by atoms with E-state index in [1.807, 2.05) is 30.3 Å². The van der Waals surface area contributed by atoms with Crippen LogP contribution in [-0.4, -0.2) is 59.1 Å². The number of fused-ring (bicyclic) bond motifs is 4. The Hall–Kier alpha value is -2.31. The van der Waals surface area contributed by atoms with E-state index in [4.69, 9.17) is 13.5 Å². The predicted octanol–water partition coefficient (Wildman–Crippen LogP) is 3.05. The van der Waals surface area contributed by atoms with Crippen molar-refractivity contribution in [1.82, 2.24) is 9.88 Å². The van der Waals surface area contributed by atoms with Gasteiger partial charge in [-0.3, -0.25) is 0 Å². The molecule has 34 heavy (non-hydrogen) atoms. The molecule has 0 amide bonds. The van der Waals surface area contributed by atoms with Gasteiger partial charge in [-0.1, -0.05) is 0 Å². The summed E-state index contributed by atoms with van der Waals surface area (Å²) in [6.07, 6.45) is 5.19. The Morgan fingerprint density at radius 3 is 2.74 bits per heavy atom. The number of nitrogens with zero attached hydrogens (tertiary/aromatic N) is 2. The first kappa shape index (κ1) is 23.4. The van der Waals surface area contributed by atoms with Crippen molar-refractivity contribution in [1.29, 1.82) is 0 Å². The fourth-order valence-electron chi connectivity index (χ4n) is 5.43. The molecule has 1 aromatic heterocycles. The number of nitrogen functional groups attached to an aromatic ring is 1. The van der Waals surface area contributed by atoms with Crippen molar-refractivity contribution in [2.24, 2.45) is 11.8 Å². The molecule has 7 nitrogen and oxygen atoms in total. The van der Waals surface area contributed by atoms with Gasteiger partial charge in [-0.15, -0.1) is 0 Å². The summed E-state index contributed by atoms with van der Waals surface area (Å²) < 4.78 is 36.9. The number of rotatable bonds is 7. The Kier molecular flexibility index (Phi) is 6.47. The van der Waals surface area contributed by atoms with Crippen LogP contribution in [0.5, 0.6) is 5.75 Å². The summed E-state index contributed by atoms with van der Waals surface area (Å²) in [6.45, 7) is 5.86. The first-order valence-electron chi connectivity index (χ1n) is 11.6. The average Bonchev–Trinajstić information content (AvgIpc) is 2.87. The first-order valence-corrected chi connectivity index (χ1v) is 16.1. The van der Waals surface area contributed by atoms with Gasteiger partial charge in [0.1, 0.15) is 0 Å². The molecule has 3 aromatic rings. The molecule has 0 aliphatic carbocycles. The Bertz CT molecular complexity index is 1250. The monoisotopic (exact) mass is 569 g/mol. The molecule has 3 N–H and O–H groups in total. The number of anilines is 1. The number of ether oxygens (including phenoxy) is 1. The maximum atomic E-state index is 13.6. The molecule has 3 fully saturated rings. The third-order valence-electron chi connectivity index (χ3n) is 7.27. The summed E-state index contributed by atoms with van der Waals surface area (Å²) in [5, 5.41) is 0.868. The van der Waals surface area contributed by atoms with Crippen LogP contribution in [0.4, 0.5) is 5.69 Å². The molecule has 2 bridgehead atoms. The molecular formula is C26H30N3O4Sb. The summed E-state index contributed by atoms with van der Waals surface area (Å²) in [6, 6.07) is 14.1. The molecule has 0 spiro atoms. The fourth-order valence-corrected chi connectivity index (χ4v) is 8.88. The summed E-state index contributed by atoms with van der Waals surface area (Å²) in [7, 11) is 1.62. The molecule has 6 atom stereocenters. The zero-order chi connectivity index (χ0) is 23.9. The molecular weight excluding hydrogens is 540 g/mol. The van der Waals surface area contributed by atoms with E-state index in [-0.39, 0.29) is 6.04 Å². The van der Waals surface area contributed by atoms with Crippen molar-refractivity contribution in [3.63, 3.8) is 0 Å². The van der Waals surface area contributed by atoms with E-state index in [2.05, 4.69) is 16.5 Å². The SMILES string of the molecule is C=C[C@H]1CN2CCC1C[C@H]2[C@H]([O][Sb](=[O])([OH])[c]1ccc(N)cc1)c1ccnc2ccc(OC)cc12. The van der Waals surface area contributed by atoms with Gasteiger partial charge in [-0.2, -0.15) is 0 Å². The normalized spacial score (nSPS) is 26.6. The summed E-state index contributed by atoms with van der Waals surface area (Å²) in [4.78, 5) is 6.90. The predicted molar refractivity (Wildman–Crippen MR) is 133 cm³/mol. The first-order chi connectivity index (χ1) is 16.4. The van der Waals surface area contributed by atoms with Gasteiger partial charge in [0.25, 0.3) is 0 Å². The van der Waals surface area contributed by atoms with Crippen molar-refractivity contribution in [2.75, 3.05) is 25.9 Å². The maximum absolute atomic E-state index is 13.6. The van der Waals surface area contributed by atoms with Crippen LogP contribution in [0, 0.1) is 11.8 Å². The van der Waals surface area contributed by atoms with E-state index >= 15 is 0 Å². The minimum absolute atomic E-state index is 0.0185. The standard InChI is InChI=1S/C20H23N2O2.C6H6N.H2O.O.Sb/c1-3-13-12-22-9-7-14(13)10-19(22)20(23)16-6-8-21-18-5-4-15(24-2)11-17(16)18;7-6-4-2-1-3-5-6;;;/h3-6,8,11,13-14,19-20H,1,7,9-10,12H2,2H3;2-5H,7H2;1H2;;/q-1;;;;+2/p-1/t13-,14?,19-,20+;;;;/m0..../s1. The van der Waals surface area contributed by atoms with E-state index in [1.165, 1.54) is 0 Å². The van der Waals surface area contributed by atoms with Crippen LogP contribution in [0.3, 0.4) is 0 Å². The number of hydrogen-bond donors (Lipinski definition) is 2. The second-order valence-electron chi connectivity index (χ2n) is 9.17. The number of pyridine rings is 1. The molecule has 6 rings (SSSR count). The van der Waals surface area contributed by atoms with Crippen molar-refractivity contribution < 1.29 is 14.2 Å². The van der Waals surface area contributed by atoms with Gasteiger partial charge in [0, 0.05) is 0 Å². The Morgan fingerprint density at radius 1 is 1.26 bits per heavy atom. The van der Waals surface area contributed by atoms with Gasteiger partial charge in [0.15, 0.2) is 0 Å². The van der Waals surface area contributed by atoms with Crippen molar-refractivity contribution in [3.8, 4) is 5.75 Å². The molecule has 2 aromatic carbocycles. The quantitative estimate of drug-likeness (QED) is 0.256. The number of aromatic nitrogens is 1. The van der Waals surface area contributed by atoms with Crippen molar-refractivity contribution >= 4 is 39.7 Å². The van der Waals surface area contributed by atoms with Gasteiger partial charge < -0.3 is 0 Å². The molecule has 0 radical (unpaired) electrons. The van der Waals surface area contributed by atoms with E-state index < -0.39 is 25.7 Å². The van der Waals surface area contributed by atoms with Crippen LogP contribution in [0.15, 0.2) is 67.4 Å². The van der Waals surface area contributed by atoms with Crippen LogP contribution < -0.4 is 14.0 Å². The molecule has 8 heteroatoms. The minimum atomic E-state index is -5.27. The zero-order valence-electron chi connectivity index (χ0n) is 19.2. The zero-order valence-corrected chi connectivity index (χ0v) is 21.8.